The van der Waals surface area contributed by atoms with E-state index in [1.54, 1.807) is 12.1 Å². The van der Waals surface area contributed by atoms with E-state index < -0.39 is 30.8 Å². The molecule has 0 aromatic heterocycles. The second-order valence-electron chi connectivity index (χ2n) is 9.98. The molecule has 1 aromatic carbocycles. The number of fused-ring (bicyclic) bond motifs is 1. The van der Waals surface area contributed by atoms with Crippen LogP contribution in [0.5, 0.6) is 0 Å². The molecule has 11 heteroatoms. The number of carbonyl (C=O) groups excluding carboxylic acids is 5. The molecular weight excluding hydrogens is 540 g/mol. The van der Waals surface area contributed by atoms with E-state index in [4.69, 9.17) is 9.47 Å². The molecule has 0 fully saturated rings. The van der Waals surface area contributed by atoms with Gasteiger partial charge in [-0.1, -0.05) is 38.1 Å². The van der Waals surface area contributed by atoms with Crippen molar-refractivity contribution >= 4 is 36.0 Å². The van der Waals surface area contributed by atoms with Crippen molar-refractivity contribution in [2.24, 2.45) is 5.92 Å². The minimum Gasteiger partial charge on any atom is -0.426 e. The van der Waals surface area contributed by atoms with E-state index in [1.165, 1.54) is 6.92 Å². The lowest BCUT2D eigenvalue weighted by atomic mass is 9.92. The van der Waals surface area contributed by atoms with Crippen molar-refractivity contribution in [1.29, 1.82) is 0 Å². The van der Waals surface area contributed by atoms with Gasteiger partial charge in [0.05, 0.1) is 0 Å². The molecule has 0 spiro atoms. The van der Waals surface area contributed by atoms with E-state index in [0.29, 0.717) is 36.1 Å². The van der Waals surface area contributed by atoms with E-state index in [2.05, 4.69) is 16.0 Å². The maximum atomic E-state index is 13.6. The molecule has 0 aliphatic heterocycles. The topological polar surface area (TPSA) is 143 Å². The summed E-state index contributed by atoms with van der Waals surface area (Å²) in [6.45, 7) is 8.99. The molecule has 3 rings (SSSR count). The summed E-state index contributed by atoms with van der Waals surface area (Å²) in [6.07, 6.45) is 8.31. The number of carbonyl (C=O) groups is 5. The van der Waals surface area contributed by atoms with Crippen LogP contribution >= 0.6 is 0 Å². The van der Waals surface area contributed by atoms with Gasteiger partial charge in [0.1, 0.15) is 6.04 Å². The van der Waals surface area contributed by atoms with Gasteiger partial charge in [-0.05, 0) is 68.5 Å². The van der Waals surface area contributed by atoms with E-state index in [1.807, 2.05) is 58.1 Å². The second kappa shape index (κ2) is 14.8. The zero-order chi connectivity index (χ0) is 30.8. The van der Waals surface area contributed by atoms with Crippen LogP contribution in [0.1, 0.15) is 56.5 Å². The van der Waals surface area contributed by atoms with Gasteiger partial charge in [0, 0.05) is 41.5 Å². The van der Waals surface area contributed by atoms with Crippen molar-refractivity contribution in [3.05, 3.63) is 76.0 Å². The van der Waals surface area contributed by atoms with Crippen LogP contribution in [0.25, 0.3) is 0 Å². The Hall–Kier alpha value is -4.67. The number of esters is 1. The Bertz CT molecular complexity index is 1360. The predicted molar refractivity (Wildman–Crippen MR) is 157 cm³/mol. The van der Waals surface area contributed by atoms with Crippen molar-refractivity contribution in [2.75, 3.05) is 25.2 Å². The van der Waals surface area contributed by atoms with Gasteiger partial charge in [0.25, 0.3) is 11.8 Å². The summed E-state index contributed by atoms with van der Waals surface area (Å²) in [6, 6.07) is 4.56. The smallest absolute Gasteiger partial charge is 0.419 e. The lowest BCUT2D eigenvalue weighted by Gasteiger charge is -2.22. The first kappa shape index (κ1) is 31.9. The summed E-state index contributed by atoms with van der Waals surface area (Å²) in [5.41, 5.74) is 4.99. The van der Waals surface area contributed by atoms with Gasteiger partial charge in [-0.3, -0.25) is 14.4 Å². The molecule has 2 unspecified atom stereocenters. The minimum atomic E-state index is -0.947. The van der Waals surface area contributed by atoms with Crippen molar-refractivity contribution in [3.63, 3.8) is 0 Å². The molecule has 0 heterocycles. The van der Waals surface area contributed by atoms with Crippen LogP contribution < -0.4 is 16.0 Å². The summed E-state index contributed by atoms with van der Waals surface area (Å²) < 4.78 is 9.92. The number of hydrogen-bond donors (Lipinski definition) is 3. The number of amides is 4. The number of nitrogens with one attached hydrogen (secondary N) is 3. The Kier molecular flexibility index (Phi) is 11.2. The summed E-state index contributed by atoms with van der Waals surface area (Å²) in [5.74, 6) is -1.65. The van der Waals surface area contributed by atoms with Crippen molar-refractivity contribution in [1.82, 2.24) is 15.5 Å². The number of ether oxygens (including phenoxy) is 2. The average molecular weight is 579 g/mol. The Morgan fingerprint density at radius 1 is 1.10 bits per heavy atom. The second-order valence-corrected chi connectivity index (χ2v) is 9.98. The van der Waals surface area contributed by atoms with Crippen LogP contribution in [0.3, 0.4) is 0 Å². The van der Waals surface area contributed by atoms with Crippen LogP contribution in [0.15, 0.2) is 64.9 Å². The Balaban J connectivity index is 1.77. The van der Waals surface area contributed by atoms with Crippen LogP contribution in [-0.4, -0.2) is 61.1 Å². The Morgan fingerprint density at radius 3 is 2.55 bits per heavy atom. The highest BCUT2D eigenvalue weighted by atomic mass is 16.7. The molecule has 0 saturated heterocycles. The van der Waals surface area contributed by atoms with Crippen molar-refractivity contribution in [2.45, 2.75) is 53.5 Å². The molecule has 0 radical (unpaired) electrons. The molecule has 0 bridgehead atoms. The normalized spacial score (nSPS) is 16.0. The predicted octanol–water partition coefficient (Wildman–Crippen LogP) is 3.88. The fraction of sp³-hybridized carbons (Fsp3) is 0.387. The van der Waals surface area contributed by atoms with Gasteiger partial charge < -0.3 is 25.4 Å². The number of aryl methyl sites for hydroxylation is 1. The van der Waals surface area contributed by atoms with Gasteiger partial charge >= 0.3 is 12.1 Å². The highest BCUT2D eigenvalue weighted by Crippen LogP contribution is 2.40. The van der Waals surface area contributed by atoms with E-state index >= 15 is 0 Å². The molecule has 3 N–H and O–H groups in total. The van der Waals surface area contributed by atoms with Gasteiger partial charge in [-0.25, -0.2) is 14.5 Å². The standard InChI is InChI=1S/C31H38N4O7/c1-6-13-32-28(37)23-12-11-19(3)26(16-23)34-25-10-8-9-22-15-24(20(4)27(22)25)29(38)35(14-7-2)31(40)42-18-41-30(39)21(5)33-17-36/h8-12,15-17,21-22,34H,6-7,13-14,18H2,1-5H3,(H,32,37)(H,33,36). The molecule has 1 aromatic rings. The molecule has 2 atom stereocenters. The highest BCUT2D eigenvalue weighted by molar-refractivity contribution is 6.06. The van der Waals surface area contributed by atoms with Crippen LogP contribution in [-0.2, 0) is 23.9 Å². The fourth-order valence-electron chi connectivity index (χ4n) is 4.56. The molecule has 2 aliphatic carbocycles. The van der Waals surface area contributed by atoms with E-state index in [-0.39, 0.29) is 18.4 Å². The van der Waals surface area contributed by atoms with Gasteiger partial charge in [-0.15, -0.1) is 0 Å². The highest BCUT2D eigenvalue weighted by Gasteiger charge is 2.34. The number of rotatable bonds is 13. The number of benzene rings is 1. The Labute approximate surface area is 245 Å². The average Bonchev–Trinajstić information content (AvgIpc) is 3.32. The molecule has 2 aliphatic rings. The third kappa shape index (κ3) is 7.54. The maximum absolute atomic E-state index is 13.6. The van der Waals surface area contributed by atoms with Crippen LogP contribution in [0, 0.1) is 12.8 Å². The van der Waals surface area contributed by atoms with Gasteiger partial charge in [0.2, 0.25) is 13.2 Å². The number of allylic oxidation sites excluding steroid dienone is 5. The molecule has 11 nitrogen and oxygen atoms in total. The lowest BCUT2D eigenvalue weighted by Crippen LogP contribution is -2.40. The maximum Gasteiger partial charge on any atom is 0.419 e. The van der Waals surface area contributed by atoms with Gasteiger partial charge in [0.15, 0.2) is 0 Å². The third-order valence-corrected chi connectivity index (χ3v) is 6.86. The third-order valence-electron chi connectivity index (χ3n) is 6.86. The fourth-order valence-corrected chi connectivity index (χ4v) is 4.56. The number of imide groups is 1. The van der Waals surface area contributed by atoms with Crippen LogP contribution in [0.4, 0.5) is 10.5 Å². The summed E-state index contributed by atoms with van der Waals surface area (Å²) in [5, 5.41) is 8.57. The monoisotopic (exact) mass is 578 g/mol. The first-order chi connectivity index (χ1) is 20.1. The van der Waals surface area contributed by atoms with Gasteiger partial charge in [-0.2, -0.15) is 0 Å². The summed E-state index contributed by atoms with van der Waals surface area (Å²) in [7, 11) is 0. The molecule has 0 saturated carbocycles. The first-order valence-corrected chi connectivity index (χ1v) is 13.9. The summed E-state index contributed by atoms with van der Waals surface area (Å²) >= 11 is 0. The number of anilines is 1. The zero-order valence-corrected chi connectivity index (χ0v) is 24.6. The lowest BCUT2D eigenvalue weighted by molar-refractivity contribution is -0.155. The molecular formula is C31H38N4O7. The number of nitrogens with zero attached hydrogens (tertiary/aromatic N) is 1. The van der Waals surface area contributed by atoms with E-state index in [0.717, 1.165) is 33.8 Å². The Morgan fingerprint density at radius 2 is 1.86 bits per heavy atom. The molecule has 4 amide bonds. The first-order valence-electron chi connectivity index (χ1n) is 13.9. The molecule has 42 heavy (non-hydrogen) atoms. The molecule has 224 valence electrons. The van der Waals surface area contributed by atoms with Crippen molar-refractivity contribution in [3.8, 4) is 0 Å². The summed E-state index contributed by atoms with van der Waals surface area (Å²) in [4.78, 5) is 62.3. The minimum absolute atomic E-state index is 0.0994. The SMILES string of the molecule is CCCNC(=O)c1ccc(C)c(NC2=CC=CC3C=C(C(=O)N(CCC)C(=O)OCOC(=O)C(C)NC=O)C(C)=C23)c1. The quantitative estimate of drug-likeness (QED) is 0.182. The van der Waals surface area contributed by atoms with E-state index in [9.17, 15) is 24.0 Å². The van der Waals surface area contributed by atoms with Crippen LogP contribution in [0.2, 0.25) is 0 Å². The van der Waals surface area contributed by atoms with Crippen molar-refractivity contribution < 1.29 is 33.4 Å². The number of hydrogen-bond acceptors (Lipinski definition) is 8. The zero-order valence-electron chi connectivity index (χ0n) is 24.6. The largest absolute Gasteiger partial charge is 0.426 e.